The Morgan fingerprint density at radius 2 is 0.902 bits per heavy atom. The highest BCUT2D eigenvalue weighted by molar-refractivity contribution is 7.47. The molecule has 0 aliphatic rings. The largest absolute Gasteiger partial charge is 0.472 e. The maximum absolute atomic E-state index is 12.9. The molecule has 8 nitrogen and oxygen atoms in total. The molecule has 0 rings (SSSR count). The summed E-state index contributed by atoms with van der Waals surface area (Å²) in [5, 5.41) is 13.8. The molecule has 362 valence electrons. The van der Waals surface area contributed by atoms with Gasteiger partial charge in [-0.2, -0.15) is 0 Å². The fraction of sp³-hybridized carbons (Fsp3) is 0.904. The Balaban J connectivity index is 4.15. The topological polar surface area (TPSA) is 105 Å². The number of amides is 1. The van der Waals surface area contributed by atoms with E-state index in [4.69, 9.17) is 9.05 Å². The normalized spacial score (nSPS) is 14.3. The van der Waals surface area contributed by atoms with Crippen molar-refractivity contribution in [2.75, 3.05) is 40.9 Å². The number of unbranched alkanes of at least 4 members (excludes halogenated alkanes) is 33. The number of nitrogens with zero attached hydrogens (tertiary/aromatic N) is 1. The fourth-order valence-electron chi connectivity index (χ4n) is 7.77. The molecule has 0 aromatic carbocycles. The van der Waals surface area contributed by atoms with Gasteiger partial charge >= 0.3 is 7.82 Å². The van der Waals surface area contributed by atoms with Gasteiger partial charge in [-0.1, -0.05) is 237 Å². The molecule has 9 heteroatoms. The van der Waals surface area contributed by atoms with Crippen LogP contribution in [0.1, 0.15) is 251 Å². The van der Waals surface area contributed by atoms with Crippen LogP contribution in [0.4, 0.5) is 0 Å². The Bertz CT molecular complexity index is 1050. The summed E-state index contributed by atoms with van der Waals surface area (Å²) in [4.78, 5) is 23.2. The summed E-state index contributed by atoms with van der Waals surface area (Å²) in [5.74, 6) is -0.183. The maximum atomic E-state index is 12.9. The van der Waals surface area contributed by atoms with Crippen molar-refractivity contribution in [1.29, 1.82) is 0 Å². The molecule has 0 aromatic heterocycles. The van der Waals surface area contributed by atoms with Gasteiger partial charge in [0.2, 0.25) is 5.91 Å². The van der Waals surface area contributed by atoms with Crippen LogP contribution in [-0.2, 0) is 18.4 Å². The van der Waals surface area contributed by atoms with E-state index in [0.29, 0.717) is 17.4 Å². The predicted octanol–water partition coefficient (Wildman–Crippen LogP) is 15.3. The molecule has 0 aromatic rings. The van der Waals surface area contributed by atoms with Crippen LogP contribution in [-0.4, -0.2) is 73.4 Å². The number of hydrogen-bond donors (Lipinski definition) is 3. The fourth-order valence-corrected chi connectivity index (χ4v) is 8.50. The van der Waals surface area contributed by atoms with E-state index >= 15 is 0 Å². The number of allylic oxidation sites excluding steroid dienone is 3. The molecule has 0 heterocycles. The molecule has 0 saturated heterocycles. The molecule has 0 radical (unpaired) electrons. The number of carbonyl (C=O) groups excluding carboxylic acids is 1. The van der Waals surface area contributed by atoms with E-state index in [9.17, 15) is 19.4 Å². The lowest BCUT2D eigenvalue weighted by Gasteiger charge is -2.25. The third kappa shape index (κ3) is 46.8. The number of carbonyl (C=O) groups is 1. The van der Waals surface area contributed by atoms with Crippen molar-refractivity contribution in [2.24, 2.45) is 0 Å². The number of hydrogen-bond acceptors (Lipinski definition) is 5. The predicted molar refractivity (Wildman–Crippen MR) is 263 cm³/mol. The molecule has 0 aliphatic carbocycles. The smallest absolute Gasteiger partial charge is 0.387 e. The van der Waals surface area contributed by atoms with Gasteiger partial charge in [-0.05, 0) is 32.1 Å². The van der Waals surface area contributed by atoms with Crippen molar-refractivity contribution in [2.45, 2.75) is 264 Å². The third-order valence-electron chi connectivity index (χ3n) is 11.9. The highest BCUT2D eigenvalue weighted by Gasteiger charge is 2.27. The molecule has 0 spiro atoms. The van der Waals surface area contributed by atoms with Crippen molar-refractivity contribution in [3.8, 4) is 0 Å². The Labute approximate surface area is 379 Å². The molecule has 61 heavy (non-hydrogen) atoms. The standard InChI is InChI=1S/C52H103N2O6P/c1-6-8-10-12-14-16-18-20-21-22-23-24-25-26-27-28-29-30-31-32-34-36-38-40-42-44-46-52(56)53-50(49-60-61(57,58)59-48-47-54(3,4)5)51(55)45-43-41-39-37-35-33-19-17-15-13-11-9-7-2/h35,37,43,45,50-51,55H,6-34,36,38-42,44,46-49H2,1-5H3,(H-,53,56,57,58)/p+1/b37-35+,45-43+. The van der Waals surface area contributed by atoms with Gasteiger partial charge in [0.05, 0.1) is 39.9 Å². The number of phosphoric acid groups is 1. The minimum atomic E-state index is -4.34. The lowest BCUT2D eigenvalue weighted by Crippen LogP contribution is -2.45. The summed E-state index contributed by atoms with van der Waals surface area (Å²) in [6.07, 6.45) is 54.2. The van der Waals surface area contributed by atoms with Gasteiger partial charge in [0.1, 0.15) is 13.2 Å². The number of quaternary nitrogens is 1. The van der Waals surface area contributed by atoms with Gasteiger partial charge in [0, 0.05) is 6.42 Å². The van der Waals surface area contributed by atoms with E-state index in [1.54, 1.807) is 6.08 Å². The van der Waals surface area contributed by atoms with Crippen LogP contribution in [0.15, 0.2) is 24.3 Å². The Hall–Kier alpha value is -1.02. The van der Waals surface area contributed by atoms with Gasteiger partial charge < -0.3 is 19.8 Å². The second-order valence-electron chi connectivity index (χ2n) is 19.3. The van der Waals surface area contributed by atoms with Crippen LogP contribution in [0.5, 0.6) is 0 Å². The van der Waals surface area contributed by atoms with Crippen LogP contribution in [0.25, 0.3) is 0 Å². The minimum absolute atomic E-state index is 0.0584. The van der Waals surface area contributed by atoms with Gasteiger partial charge in [-0.15, -0.1) is 0 Å². The van der Waals surface area contributed by atoms with Crippen LogP contribution in [0.3, 0.4) is 0 Å². The molecule has 0 saturated carbocycles. The number of aliphatic hydroxyl groups excluding tert-OH is 1. The summed E-state index contributed by atoms with van der Waals surface area (Å²) in [6, 6.07) is -0.858. The van der Waals surface area contributed by atoms with Crippen LogP contribution in [0.2, 0.25) is 0 Å². The highest BCUT2D eigenvalue weighted by Crippen LogP contribution is 2.43. The van der Waals surface area contributed by atoms with Gasteiger partial charge in [-0.25, -0.2) is 4.57 Å². The Morgan fingerprint density at radius 3 is 1.31 bits per heavy atom. The molecule has 3 unspecified atom stereocenters. The third-order valence-corrected chi connectivity index (χ3v) is 12.9. The van der Waals surface area contributed by atoms with E-state index in [1.165, 1.54) is 193 Å². The summed E-state index contributed by atoms with van der Waals surface area (Å²) in [7, 11) is 1.56. The monoisotopic (exact) mass is 884 g/mol. The summed E-state index contributed by atoms with van der Waals surface area (Å²) >= 11 is 0. The summed E-state index contributed by atoms with van der Waals surface area (Å²) < 4.78 is 23.6. The van der Waals surface area contributed by atoms with Crippen molar-refractivity contribution in [1.82, 2.24) is 5.32 Å². The molecule has 0 fully saturated rings. The maximum Gasteiger partial charge on any atom is 0.472 e. The number of phosphoric ester groups is 1. The van der Waals surface area contributed by atoms with E-state index in [0.717, 1.165) is 38.5 Å². The number of rotatable bonds is 48. The molecular weight excluding hydrogens is 780 g/mol. The molecule has 3 atom stereocenters. The van der Waals surface area contributed by atoms with Crippen LogP contribution >= 0.6 is 7.82 Å². The van der Waals surface area contributed by atoms with Crippen molar-refractivity contribution >= 4 is 13.7 Å². The zero-order valence-electron chi connectivity index (χ0n) is 41.2. The second kappa shape index (κ2) is 44.2. The number of likely N-dealkylation sites (N-methyl/N-ethyl adjacent to an activating group) is 1. The van der Waals surface area contributed by atoms with E-state index in [2.05, 4.69) is 31.3 Å². The molecule has 3 N–H and O–H groups in total. The van der Waals surface area contributed by atoms with E-state index in [-0.39, 0.29) is 19.1 Å². The molecule has 0 aliphatic heterocycles. The SMILES string of the molecule is CCCCCCCCC/C=C/CC/C=C/C(O)C(COP(=O)(O)OCC[N+](C)(C)C)NC(=O)CCCCCCCCCCCCCCCCCCCCCCCCCCCC. The average molecular weight is 884 g/mol. The van der Waals surface area contributed by atoms with E-state index in [1.807, 2.05) is 27.2 Å². The zero-order valence-corrected chi connectivity index (χ0v) is 42.1. The molecule has 0 bridgehead atoms. The quantitative estimate of drug-likeness (QED) is 0.0243. The van der Waals surface area contributed by atoms with Crippen molar-refractivity contribution < 1.29 is 32.9 Å². The Kier molecular flexibility index (Phi) is 43.5. The average Bonchev–Trinajstić information content (AvgIpc) is 3.21. The van der Waals surface area contributed by atoms with Crippen LogP contribution in [0, 0.1) is 0 Å². The van der Waals surface area contributed by atoms with E-state index < -0.39 is 20.0 Å². The minimum Gasteiger partial charge on any atom is -0.387 e. The lowest BCUT2D eigenvalue weighted by molar-refractivity contribution is -0.870. The first-order chi connectivity index (χ1) is 29.5. The Morgan fingerprint density at radius 1 is 0.541 bits per heavy atom. The first-order valence-electron chi connectivity index (χ1n) is 26.2. The second-order valence-corrected chi connectivity index (χ2v) is 20.7. The zero-order chi connectivity index (χ0) is 45.0. The van der Waals surface area contributed by atoms with Gasteiger partial charge in [0.25, 0.3) is 0 Å². The lowest BCUT2D eigenvalue weighted by atomic mass is 10.0. The summed E-state index contributed by atoms with van der Waals surface area (Å²) in [5.41, 5.74) is 0. The van der Waals surface area contributed by atoms with Gasteiger partial charge in [0.15, 0.2) is 0 Å². The van der Waals surface area contributed by atoms with Crippen LogP contribution < -0.4 is 5.32 Å². The molecule has 1 amide bonds. The summed E-state index contributed by atoms with van der Waals surface area (Å²) in [6.45, 7) is 4.81. The van der Waals surface area contributed by atoms with Gasteiger partial charge in [-0.3, -0.25) is 13.8 Å². The first kappa shape index (κ1) is 60.0. The first-order valence-corrected chi connectivity index (χ1v) is 27.7. The highest BCUT2D eigenvalue weighted by atomic mass is 31.2. The van der Waals surface area contributed by atoms with Crippen molar-refractivity contribution in [3.05, 3.63) is 24.3 Å². The van der Waals surface area contributed by atoms with Crippen molar-refractivity contribution in [3.63, 3.8) is 0 Å². The number of aliphatic hydroxyl groups is 1. The number of nitrogens with one attached hydrogen (secondary N) is 1. The molecular formula is C52H104N2O6P+.